The zero-order chi connectivity index (χ0) is 45.6. The quantitative estimate of drug-likeness (QED) is 0.0125. The van der Waals surface area contributed by atoms with Crippen molar-refractivity contribution in [3.8, 4) is 28.7 Å². The smallest absolute Gasteiger partial charge is 0.362 e. The van der Waals surface area contributed by atoms with Crippen LogP contribution in [0.15, 0.2) is 101 Å². The zero-order valence-corrected chi connectivity index (χ0v) is 36.5. The number of carbonyl (C=O) groups is 4. The third-order valence-corrected chi connectivity index (χ3v) is 7.40. The van der Waals surface area contributed by atoms with Crippen LogP contribution < -0.4 is 19.9 Å². The number of hydrogen-bond acceptors (Lipinski definition) is 16. The minimum absolute atomic E-state index is 0.0965. The van der Waals surface area contributed by atoms with Crippen LogP contribution in [0.4, 0.5) is 11.4 Å². The van der Waals surface area contributed by atoms with Crippen molar-refractivity contribution in [3.63, 3.8) is 0 Å². The number of ether oxygens (including phenoxy) is 6. The van der Waals surface area contributed by atoms with Crippen LogP contribution >= 0.6 is 23.2 Å². The molecular weight excluding hydrogens is 837 g/mol. The number of allylic oxidation sites excluding steroid dienone is 1. The van der Waals surface area contributed by atoms with Crippen LogP contribution in [0.3, 0.4) is 0 Å². The first-order valence-corrected chi connectivity index (χ1v) is 20.1. The van der Waals surface area contributed by atoms with E-state index < -0.39 is 17.9 Å². The van der Waals surface area contributed by atoms with E-state index in [4.69, 9.17) is 52.6 Å². The molecule has 0 spiro atoms. The lowest BCUT2D eigenvalue weighted by Gasteiger charge is -2.04. The van der Waals surface area contributed by atoms with Crippen LogP contribution in [-0.4, -0.2) is 95.1 Å². The lowest BCUT2D eigenvalue weighted by atomic mass is 10.3. The van der Waals surface area contributed by atoms with Crippen molar-refractivity contribution in [1.29, 1.82) is 0 Å². The van der Waals surface area contributed by atoms with E-state index >= 15 is 0 Å². The van der Waals surface area contributed by atoms with E-state index in [0.717, 1.165) is 17.2 Å². The molecule has 4 aromatic rings. The van der Waals surface area contributed by atoms with Crippen molar-refractivity contribution in [3.05, 3.63) is 96.1 Å². The molecular formula is C42H53Cl2N5O12. The number of esters is 3. The van der Waals surface area contributed by atoms with Crippen molar-refractivity contribution >= 4 is 58.3 Å². The number of ketones is 1. The van der Waals surface area contributed by atoms with Crippen LogP contribution in [0.1, 0.15) is 58.5 Å². The summed E-state index contributed by atoms with van der Waals surface area (Å²) >= 11 is 10.6. The predicted molar refractivity (Wildman–Crippen MR) is 230 cm³/mol. The van der Waals surface area contributed by atoms with Gasteiger partial charge in [-0.3, -0.25) is 9.59 Å². The second-order valence-corrected chi connectivity index (χ2v) is 11.9. The van der Waals surface area contributed by atoms with Gasteiger partial charge in [0.15, 0.2) is 11.5 Å². The number of benzene rings is 3. The molecule has 17 nitrogen and oxygen atoms in total. The third-order valence-electron chi connectivity index (χ3n) is 6.84. The maximum atomic E-state index is 11.6. The highest BCUT2D eigenvalue weighted by Crippen LogP contribution is 2.22. The topological polar surface area (TPSA) is 233 Å². The Balaban J connectivity index is 0.000000430. The van der Waals surface area contributed by atoms with Crippen molar-refractivity contribution in [1.82, 2.24) is 9.78 Å². The van der Waals surface area contributed by atoms with E-state index in [-0.39, 0.29) is 60.1 Å². The minimum atomic E-state index is -0.773. The number of aliphatic hydroxyl groups is 1. The van der Waals surface area contributed by atoms with Gasteiger partial charge in [-0.05, 0) is 114 Å². The van der Waals surface area contributed by atoms with Crippen LogP contribution in [0.5, 0.6) is 23.0 Å². The average Bonchev–Trinajstić information content (AvgIpc) is 3.65. The molecule has 0 saturated heterocycles. The van der Waals surface area contributed by atoms with E-state index in [2.05, 4.69) is 20.1 Å². The lowest BCUT2D eigenvalue weighted by molar-refractivity contribution is -0.145. The number of halogens is 2. The van der Waals surface area contributed by atoms with Crippen LogP contribution in [0.25, 0.3) is 5.69 Å². The number of alkyl halides is 2. The number of aromatic hydroxyl groups is 1. The standard InChI is InChI=1S/C14H17ClN2O4.C14H16N2O4.C8H11NO.C6H9ClO3/c1-3-20-11-7-5-10(6-8-11)16-17-13(12(18)9-15)14(19)21-4-2;1-3-19-11-7-5-10(6-8-11)16-9-12(17)13(15-16)14(18)20-4-2;1-2-10-8-5-3-7(9)4-6-8;1-2-10-6(9)3-5(8)4-7/h5-8,18H,3-4,9H2,1-2H3;5-9,17H,3-4H2,1-2H3;3-6H,2,9H2,1H3;2-4H2,1H3. The summed E-state index contributed by atoms with van der Waals surface area (Å²) in [7, 11) is 0. The van der Waals surface area contributed by atoms with Gasteiger partial charge in [-0.15, -0.1) is 28.3 Å². The van der Waals surface area contributed by atoms with E-state index in [0.29, 0.717) is 43.6 Å². The van der Waals surface area contributed by atoms with Gasteiger partial charge in [0.05, 0.1) is 69.0 Å². The number of nitrogens with two attached hydrogens (primary N) is 1. The molecule has 1 heterocycles. The number of nitrogens with zero attached hydrogens (tertiary/aromatic N) is 4. The van der Waals surface area contributed by atoms with Gasteiger partial charge in [0.2, 0.25) is 11.4 Å². The second-order valence-electron chi connectivity index (χ2n) is 11.4. The Morgan fingerprint density at radius 2 is 1.18 bits per heavy atom. The number of aliphatic hydroxyl groups excluding tert-OH is 1. The molecule has 0 aliphatic carbocycles. The number of azo groups is 1. The summed E-state index contributed by atoms with van der Waals surface area (Å²) < 4.78 is 31.3. The van der Waals surface area contributed by atoms with Crippen molar-refractivity contribution in [2.75, 3.05) is 57.1 Å². The predicted octanol–water partition coefficient (Wildman–Crippen LogP) is 8.31. The number of anilines is 1. The van der Waals surface area contributed by atoms with Crippen molar-refractivity contribution < 1.29 is 57.8 Å². The first kappa shape index (κ1) is 52.7. The number of nitrogen functional groups attached to an aromatic ring is 1. The van der Waals surface area contributed by atoms with Crippen LogP contribution in [-0.2, 0) is 28.6 Å². The first-order chi connectivity index (χ1) is 29.3. The normalized spacial score (nSPS) is 10.6. The SMILES string of the molecule is CCOC(=O)C(N=Nc1ccc(OCC)cc1)=C(O)CCl.CCOC(=O)CC(=O)CCl.CCOC(=O)c1nn(-c2ccc(OCC)cc2)cc1O.CCOc1ccc(N)cc1. The van der Waals surface area contributed by atoms with E-state index in [1.54, 1.807) is 69.3 Å². The highest BCUT2D eigenvalue weighted by atomic mass is 35.5. The number of Topliss-reactive ketones (excluding diaryl/α,β-unsaturated/α-hetero) is 1. The molecule has 0 radical (unpaired) electrons. The molecule has 61 heavy (non-hydrogen) atoms. The minimum Gasteiger partial charge on any atom is -0.508 e. The number of carbonyl (C=O) groups excluding carboxylic acids is 4. The summed E-state index contributed by atoms with van der Waals surface area (Å²) in [4.78, 5) is 44.2. The first-order valence-electron chi connectivity index (χ1n) is 19.0. The van der Waals surface area contributed by atoms with Crippen LogP contribution in [0, 0.1) is 0 Å². The Labute approximate surface area is 365 Å². The van der Waals surface area contributed by atoms with Gasteiger partial charge in [-0.2, -0.15) is 10.2 Å². The summed E-state index contributed by atoms with van der Waals surface area (Å²) in [6, 6.07) is 21.3. The molecule has 332 valence electrons. The molecule has 0 atom stereocenters. The van der Waals surface area contributed by atoms with Crippen LogP contribution in [0.2, 0.25) is 0 Å². The Hall–Kier alpha value is -6.33. The Morgan fingerprint density at radius 1 is 0.689 bits per heavy atom. The fourth-order valence-corrected chi connectivity index (χ4v) is 4.44. The molecule has 0 aliphatic rings. The molecule has 4 N–H and O–H groups in total. The number of hydrogen-bond donors (Lipinski definition) is 3. The maximum Gasteiger partial charge on any atom is 0.362 e. The highest BCUT2D eigenvalue weighted by Gasteiger charge is 2.18. The Bertz CT molecular complexity index is 1970. The summed E-state index contributed by atoms with van der Waals surface area (Å²) in [5.74, 6) is -0.874. The fourth-order valence-electron chi connectivity index (χ4n) is 4.22. The van der Waals surface area contributed by atoms with Crippen molar-refractivity contribution in [2.24, 2.45) is 10.2 Å². The van der Waals surface area contributed by atoms with Gasteiger partial charge in [-0.1, -0.05) is 0 Å². The Kier molecular flexibility index (Phi) is 26.5. The summed E-state index contributed by atoms with van der Waals surface area (Å²) in [5.41, 5.74) is 7.04. The molecule has 0 bridgehead atoms. The summed E-state index contributed by atoms with van der Waals surface area (Å²) in [6.45, 7) is 13.3. The average molecular weight is 891 g/mol. The molecule has 0 amide bonds. The molecule has 0 unspecified atom stereocenters. The van der Waals surface area contributed by atoms with Gasteiger partial charge in [0.25, 0.3) is 0 Å². The van der Waals surface area contributed by atoms with E-state index in [9.17, 15) is 29.4 Å². The molecule has 0 aliphatic heterocycles. The number of aromatic nitrogens is 2. The van der Waals surface area contributed by atoms with Crippen molar-refractivity contribution in [2.45, 2.75) is 48.0 Å². The summed E-state index contributed by atoms with van der Waals surface area (Å²) in [5, 5.41) is 30.9. The van der Waals surface area contributed by atoms with Gasteiger partial charge >= 0.3 is 17.9 Å². The largest absolute Gasteiger partial charge is 0.508 e. The van der Waals surface area contributed by atoms with E-state index in [1.807, 2.05) is 45.0 Å². The van der Waals surface area contributed by atoms with Gasteiger partial charge < -0.3 is 44.4 Å². The van der Waals surface area contributed by atoms with E-state index in [1.165, 1.54) is 10.9 Å². The zero-order valence-electron chi connectivity index (χ0n) is 35.0. The fraction of sp³-hybridized carbons (Fsp3) is 0.357. The molecule has 19 heteroatoms. The molecule has 0 saturated carbocycles. The maximum absolute atomic E-state index is 11.6. The molecule has 0 fully saturated rings. The third kappa shape index (κ3) is 21.0. The second kappa shape index (κ2) is 30.7. The molecule has 1 aromatic heterocycles. The van der Waals surface area contributed by atoms with Gasteiger partial charge in [0, 0.05) is 5.69 Å². The Morgan fingerprint density at radius 3 is 1.64 bits per heavy atom. The molecule has 4 rings (SSSR count). The number of rotatable bonds is 18. The molecule has 3 aromatic carbocycles. The lowest BCUT2D eigenvalue weighted by Crippen LogP contribution is -2.11. The van der Waals surface area contributed by atoms with Gasteiger partial charge in [0.1, 0.15) is 29.4 Å². The highest BCUT2D eigenvalue weighted by molar-refractivity contribution is 6.28. The monoisotopic (exact) mass is 889 g/mol. The summed E-state index contributed by atoms with van der Waals surface area (Å²) in [6.07, 6.45) is 1.15. The van der Waals surface area contributed by atoms with Gasteiger partial charge in [-0.25, -0.2) is 14.3 Å².